The van der Waals surface area contributed by atoms with Crippen LogP contribution in [0.1, 0.15) is 72.1 Å². The van der Waals surface area contributed by atoms with Crippen LogP contribution in [0, 0.1) is 11.8 Å². The van der Waals surface area contributed by atoms with Crippen LogP contribution in [-0.2, 0) is 0 Å². The molecule has 0 radical (unpaired) electrons. The van der Waals surface area contributed by atoms with Crippen LogP contribution in [0.4, 0.5) is 0 Å². The topological polar surface area (TPSA) is 15.3 Å². The molecule has 1 aliphatic carbocycles. The predicted octanol–water partition coefficient (Wildman–Crippen LogP) is 4.06. The van der Waals surface area contributed by atoms with Crippen molar-refractivity contribution in [1.82, 2.24) is 10.2 Å². The number of hydrogen-bond donors (Lipinski definition) is 1. The quantitative estimate of drug-likeness (QED) is 0.817. The maximum absolute atomic E-state index is 3.78. The molecule has 2 unspecified atom stereocenters. The molecule has 2 heteroatoms. The monoisotopic (exact) mass is 280 g/mol. The second-order valence-electron chi connectivity index (χ2n) is 7.50. The van der Waals surface area contributed by atoms with Crippen molar-refractivity contribution in [3.05, 3.63) is 0 Å². The second kappa shape index (κ2) is 8.38. The van der Waals surface area contributed by atoms with E-state index in [1.54, 1.807) is 0 Å². The molecule has 1 aliphatic heterocycles. The first-order valence-corrected chi connectivity index (χ1v) is 9.18. The summed E-state index contributed by atoms with van der Waals surface area (Å²) in [5, 5.41) is 3.78. The molecule has 0 aromatic heterocycles. The van der Waals surface area contributed by atoms with Gasteiger partial charge in [0.2, 0.25) is 0 Å². The van der Waals surface area contributed by atoms with Crippen molar-refractivity contribution < 1.29 is 0 Å². The summed E-state index contributed by atoms with van der Waals surface area (Å²) in [7, 11) is 0. The molecular weight excluding hydrogens is 244 g/mol. The van der Waals surface area contributed by atoms with Gasteiger partial charge in [-0.3, -0.25) is 4.90 Å². The summed E-state index contributed by atoms with van der Waals surface area (Å²) in [6.45, 7) is 10.9. The Kier molecular flexibility index (Phi) is 6.83. The summed E-state index contributed by atoms with van der Waals surface area (Å²) in [5.41, 5.74) is 0. The van der Waals surface area contributed by atoms with Crippen molar-refractivity contribution in [3.63, 3.8) is 0 Å². The minimum atomic E-state index is 0.718. The minimum Gasteiger partial charge on any atom is -0.313 e. The Labute approximate surface area is 126 Å². The molecule has 2 rings (SSSR count). The van der Waals surface area contributed by atoms with E-state index >= 15 is 0 Å². The number of nitrogens with zero attached hydrogens (tertiary/aromatic N) is 1. The Morgan fingerprint density at radius 2 is 1.85 bits per heavy atom. The third kappa shape index (κ3) is 4.73. The highest BCUT2D eigenvalue weighted by atomic mass is 15.2. The molecule has 1 N–H and O–H groups in total. The maximum atomic E-state index is 3.78. The smallest absolute Gasteiger partial charge is 0.0197 e. The van der Waals surface area contributed by atoms with Crippen molar-refractivity contribution in [2.45, 2.75) is 84.2 Å². The summed E-state index contributed by atoms with van der Waals surface area (Å²) in [6, 6.07) is 1.57. The van der Waals surface area contributed by atoms with Gasteiger partial charge in [-0.05, 0) is 57.0 Å². The van der Waals surface area contributed by atoms with Gasteiger partial charge in [-0.25, -0.2) is 0 Å². The van der Waals surface area contributed by atoms with E-state index in [1.807, 2.05) is 0 Å². The van der Waals surface area contributed by atoms with Crippen LogP contribution in [0.2, 0.25) is 0 Å². The van der Waals surface area contributed by atoms with Crippen molar-refractivity contribution in [2.75, 3.05) is 19.6 Å². The summed E-state index contributed by atoms with van der Waals surface area (Å²) >= 11 is 0. The van der Waals surface area contributed by atoms with Crippen LogP contribution in [0.15, 0.2) is 0 Å². The molecule has 2 aliphatic rings. The average molecular weight is 281 g/mol. The maximum Gasteiger partial charge on any atom is 0.0197 e. The van der Waals surface area contributed by atoms with Crippen molar-refractivity contribution in [1.29, 1.82) is 0 Å². The normalized spacial score (nSPS) is 28.5. The minimum absolute atomic E-state index is 0.718. The second-order valence-corrected chi connectivity index (χ2v) is 7.50. The van der Waals surface area contributed by atoms with E-state index in [2.05, 4.69) is 31.0 Å². The van der Waals surface area contributed by atoms with E-state index in [4.69, 9.17) is 0 Å². The zero-order valence-electron chi connectivity index (χ0n) is 14.0. The lowest BCUT2D eigenvalue weighted by Gasteiger charge is -2.39. The van der Waals surface area contributed by atoms with E-state index < -0.39 is 0 Å². The lowest BCUT2D eigenvalue weighted by Crippen LogP contribution is -2.46. The van der Waals surface area contributed by atoms with E-state index in [1.165, 1.54) is 71.0 Å². The van der Waals surface area contributed by atoms with Crippen molar-refractivity contribution in [2.24, 2.45) is 11.8 Å². The average Bonchev–Trinajstić information content (AvgIpc) is 2.66. The molecule has 2 fully saturated rings. The van der Waals surface area contributed by atoms with Gasteiger partial charge in [0.25, 0.3) is 0 Å². The Hall–Kier alpha value is -0.0800. The Morgan fingerprint density at radius 1 is 1.10 bits per heavy atom. The third-order valence-electron chi connectivity index (χ3n) is 5.35. The molecule has 20 heavy (non-hydrogen) atoms. The third-order valence-corrected chi connectivity index (χ3v) is 5.35. The Balaban J connectivity index is 1.95. The molecule has 0 spiro atoms. The fraction of sp³-hybridized carbons (Fsp3) is 1.00. The highest BCUT2D eigenvalue weighted by molar-refractivity contribution is 4.86. The fourth-order valence-corrected chi connectivity index (χ4v) is 4.46. The van der Waals surface area contributed by atoms with Gasteiger partial charge in [0.05, 0.1) is 0 Å². The molecule has 1 saturated heterocycles. The van der Waals surface area contributed by atoms with E-state index in [9.17, 15) is 0 Å². The molecular formula is C18H36N2. The first-order chi connectivity index (χ1) is 9.70. The van der Waals surface area contributed by atoms with Gasteiger partial charge >= 0.3 is 0 Å². The number of hydrogen-bond acceptors (Lipinski definition) is 2. The van der Waals surface area contributed by atoms with Crippen LogP contribution in [-0.4, -0.2) is 36.6 Å². The van der Waals surface area contributed by atoms with Gasteiger partial charge in [0, 0.05) is 18.6 Å². The standard InChI is InChI=1S/C18H36N2/c1-4-18(16-9-6-5-7-10-16)20-12-8-11-19-17(14-20)13-15(2)3/h15-19H,4-14H2,1-3H3. The first kappa shape index (κ1) is 16.3. The lowest BCUT2D eigenvalue weighted by molar-refractivity contribution is 0.108. The Bertz CT molecular complexity index is 258. The zero-order chi connectivity index (χ0) is 14.4. The van der Waals surface area contributed by atoms with Crippen LogP contribution in [0.3, 0.4) is 0 Å². The SMILES string of the molecule is CCC(C1CCCCC1)N1CCCNC(CC(C)C)C1. The van der Waals surface area contributed by atoms with Gasteiger partial charge in [-0.1, -0.05) is 40.0 Å². The summed E-state index contributed by atoms with van der Waals surface area (Å²) in [5.74, 6) is 1.79. The molecule has 0 bridgehead atoms. The number of nitrogens with one attached hydrogen (secondary N) is 1. The summed E-state index contributed by atoms with van der Waals surface area (Å²) < 4.78 is 0. The molecule has 0 aromatic rings. The first-order valence-electron chi connectivity index (χ1n) is 9.18. The van der Waals surface area contributed by atoms with Crippen molar-refractivity contribution in [3.8, 4) is 0 Å². The number of rotatable bonds is 5. The predicted molar refractivity (Wildman–Crippen MR) is 88.1 cm³/mol. The molecule has 118 valence electrons. The largest absolute Gasteiger partial charge is 0.313 e. The molecule has 2 nitrogen and oxygen atoms in total. The highest BCUT2D eigenvalue weighted by Crippen LogP contribution is 2.31. The lowest BCUT2D eigenvalue weighted by atomic mass is 9.82. The highest BCUT2D eigenvalue weighted by Gasteiger charge is 2.29. The molecule has 0 amide bonds. The van der Waals surface area contributed by atoms with Crippen molar-refractivity contribution >= 4 is 0 Å². The van der Waals surface area contributed by atoms with Crippen LogP contribution in [0.25, 0.3) is 0 Å². The fourth-order valence-electron chi connectivity index (χ4n) is 4.46. The van der Waals surface area contributed by atoms with Gasteiger partial charge in [0.1, 0.15) is 0 Å². The van der Waals surface area contributed by atoms with Gasteiger partial charge in [-0.2, -0.15) is 0 Å². The van der Waals surface area contributed by atoms with Crippen LogP contribution >= 0.6 is 0 Å². The van der Waals surface area contributed by atoms with Crippen LogP contribution < -0.4 is 5.32 Å². The molecule has 2 atom stereocenters. The summed E-state index contributed by atoms with van der Waals surface area (Å²) in [4.78, 5) is 2.85. The zero-order valence-corrected chi connectivity index (χ0v) is 14.0. The Morgan fingerprint density at radius 3 is 2.50 bits per heavy atom. The van der Waals surface area contributed by atoms with Gasteiger partial charge < -0.3 is 5.32 Å². The molecule has 1 heterocycles. The molecule has 0 aromatic carbocycles. The van der Waals surface area contributed by atoms with E-state index in [0.29, 0.717) is 0 Å². The van der Waals surface area contributed by atoms with Gasteiger partial charge in [-0.15, -0.1) is 0 Å². The van der Waals surface area contributed by atoms with Gasteiger partial charge in [0.15, 0.2) is 0 Å². The van der Waals surface area contributed by atoms with E-state index in [0.717, 1.165) is 23.9 Å². The molecule has 1 saturated carbocycles. The van der Waals surface area contributed by atoms with Crippen LogP contribution in [0.5, 0.6) is 0 Å². The van der Waals surface area contributed by atoms with E-state index in [-0.39, 0.29) is 0 Å². The summed E-state index contributed by atoms with van der Waals surface area (Å²) in [6.07, 6.45) is 11.4.